The number of ether oxygens (including phenoxy) is 1. The van der Waals surface area contributed by atoms with Crippen molar-refractivity contribution in [1.29, 1.82) is 0 Å². The fraction of sp³-hybridized carbons (Fsp3) is 0.286. The highest BCUT2D eigenvalue weighted by atomic mass is 19.1. The van der Waals surface area contributed by atoms with Gasteiger partial charge in [-0.05, 0) is 24.1 Å². The topological polar surface area (TPSA) is 75.2 Å². The molecule has 106 valence electrons. The van der Waals surface area contributed by atoms with Crippen molar-refractivity contribution in [2.45, 2.75) is 20.0 Å². The number of hydrogen-bond acceptors (Lipinski definition) is 4. The van der Waals surface area contributed by atoms with Crippen LogP contribution in [0.5, 0.6) is 5.88 Å². The van der Waals surface area contributed by atoms with Crippen LogP contribution in [0.4, 0.5) is 4.39 Å². The number of benzene rings is 1. The number of nitrogens with zero attached hydrogens (tertiary/aromatic N) is 1. The van der Waals surface area contributed by atoms with Gasteiger partial charge in [0.05, 0.1) is 0 Å². The van der Waals surface area contributed by atoms with Crippen molar-refractivity contribution in [1.82, 2.24) is 9.97 Å². The lowest BCUT2D eigenvalue weighted by Crippen LogP contribution is -2.15. The largest absolute Gasteiger partial charge is 0.493 e. The van der Waals surface area contributed by atoms with E-state index in [1.54, 1.807) is 0 Å². The van der Waals surface area contributed by atoms with Gasteiger partial charge < -0.3 is 14.8 Å². The van der Waals surface area contributed by atoms with E-state index in [1.807, 2.05) is 6.92 Å². The van der Waals surface area contributed by atoms with Crippen LogP contribution in [0, 0.1) is 5.82 Å². The van der Waals surface area contributed by atoms with Crippen LogP contribution in [0.2, 0.25) is 0 Å². The molecule has 0 spiro atoms. The maximum atomic E-state index is 12.9. The minimum Gasteiger partial charge on any atom is -0.493 e. The first-order valence-electron chi connectivity index (χ1n) is 6.27. The monoisotopic (exact) mass is 278 g/mol. The molecule has 0 fully saturated rings. The van der Waals surface area contributed by atoms with Crippen LogP contribution in [0.3, 0.4) is 0 Å². The lowest BCUT2D eigenvalue weighted by atomic mass is 10.1. The van der Waals surface area contributed by atoms with E-state index in [4.69, 9.17) is 4.74 Å². The summed E-state index contributed by atoms with van der Waals surface area (Å²) in [7, 11) is 0. The van der Waals surface area contributed by atoms with Gasteiger partial charge in [-0.25, -0.2) is 4.39 Å². The molecule has 0 bridgehead atoms. The molecule has 1 aromatic heterocycles. The second kappa shape index (κ2) is 6.29. The molecule has 1 heterocycles. The molecule has 1 aromatic carbocycles. The van der Waals surface area contributed by atoms with E-state index >= 15 is 0 Å². The maximum Gasteiger partial charge on any atom is 0.262 e. The Morgan fingerprint density at radius 1 is 1.35 bits per heavy atom. The van der Waals surface area contributed by atoms with E-state index in [0.717, 1.165) is 6.42 Å². The number of hydrogen-bond donors (Lipinski definition) is 2. The van der Waals surface area contributed by atoms with Gasteiger partial charge in [-0.15, -0.1) is 0 Å². The Hall–Kier alpha value is -2.21. The second-order valence-electron chi connectivity index (χ2n) is 4.27. The molecule has 2 N–H and O–H groups in total. The Labute approximate surface area is 115 Å². The van der Waals surface area contributed by atoms with E-state index in [2.05, 4.69) is 9.97 Å². The number of aromatic nitrogens is 2. The summed E-state index contributed by atoms with van der Waals surface area (Å²) in [4.78, 5) is 18.4. The first-order chi connectivity index (χ1) is 9.61. The van der Waals surface area contributed by atoms with Crippen molar-refractivity contribution in [3.63, 3.8) is 0 Å². The first-order valence-corrected chi connectivity index (χ1v) is 6.27. The molecule has 0 aliphatic carbocycles. The third kappa shape index (κ3) is 3.21. The fourth-order valence-electron chi connectivity index (χ4n) is 1.77. The zero-order chi connectivity index (χ0) is 14.5. The Balaban J connectivity index is 2.31. The predicted octanol–water partition coefficient (Wildman–Crippen LogP) is 2.21. The lowest BCUT2D eigenvalue weighted by molar-refractivity contribution is 0.115. The van der Waals surface area contributed by atoms with Gasteiger partial charge in [0, 0.05) is 6.61 Å². The van der Waals surface area contributed by atoms with E-state index < -0.39 is 17.3 Å². The van der Waals surface area contributed by atoms with Crippen LogP contribution in [0.1, 0.15) is 19.2 Å². The molecule has 0 unspecified atom stereocenters. The van der Waals surface area contributed by atoms with Crippen LogP contribution in [0.15, 0.2) is 29.1 Å². The Morgan fingerprint density at radius 3 is 2.65 bits per heavy atom. The highest BCUT2D eigenvalue weighted by Crippen LogP contribution is 2.23. The van der Waals surface area contributed by atoms with Gasteiger partial charge in [-0.2, -0.15) is 4.98 Å². The second-order valence-corrected chi connectivity index (χ2v) is 4.27. The average molecular weight is 278 g/mol. The Bertz CT molecular complexity index is 638. The van der Waals surface area contributed by atoms with Crippen molar-refractivity contribution in [2.75, 3.05) is 6.61 Å². The molecule has 0 atom stereocenters. The summed E-state index contributed by atoms with van der Waals surface area (Å²) in [5, 5.41) is 9.87. The summed E-state index contributed by atoms with van der Waals surface area (Å²) < 4.78 is 18.1. The molecule has 0 saturated heterocycles. The molecule has 5 nitrogen and oxygen atoms in total. The van der Waals surface area contributed by atoms with Gasteiger partial charge in [0.15, 0.2) is 0 Å². The number of H-pyrrole nitrogens is 1. The summed E-state index contributed by atoms with van der Waals surface area (Å²) in [6.07, 6.45) is 0.851. The van der Waals surface area contributed by atoms with Crippen LogP contribution in [-0.2, 0) is 11.3 Å². The molecule has 0 saturated carbocycles. The van der Waals surface area contributed by atoms with E-state index in [0.29, 0.717) is 12.2 Å². The van der Waals surface area contributed by atoms with Gasteiger partial charge in [0.2, 0.25) is 5.88 Å². The number of aromatic hydroxyl groups is 1. The highest BCUT2D eigenvalue weighted by molar-refractivity contribution is 5.66. The normalized spacial score (nSPS) is 10.7. The minimum absolute atomic E-state index is 0.0178. The van der Waals surface area contributed by atoms with Gasteiger partial charge in [0.1, 0.15) is 23.8 Å². The molecule has 2 rings (SSSR count). The van der Waals surface area contributed by atoms with Crippen LogP contribution in [0.25, 0.3) is 11.1 Å². The average Bonchev–Trinajstić information content (AvgIpc) is 2.40. The zero-order valence-corrected chi connectivity index (χ0v) is 11.0. The summed E-state index contributed by atoms with van der Waals surface area (Å²) in [5.74, 6) is -0.551. The minimum atomic E-state index is -0.487. The lowest BCUT2D eigenvalue weighted by Gasteiger charge is -2.06. The van der Waals surface area contributed by atoms with Crippen molar-refractivity contribution in [2.24, 2.45) is 0 Å². The van der Waals surface area contributed by atoms with Gasteiger partial charge >= 0.3 is 0 Å². The van der Waals surface area contributed by atoms with Crippen LogP contribution >= 0.6 is 0 Å². The van der Waals surface area contributed by atoms with E-state index in [9.17, 15) is 14.3 Å². The molecular formula is C14H15FN2O3. The number of halogens is 1. The van der Waals surface area contributed by atoms with E-state index in [-0.39, 0.29) is 18.0 Å². The van der Waals surface area contributed by atoms with Gasteiger partial charge in [0.25, 0.3) is 5.56 Å². The van der Waals surface area contributed by atoms with Crippen molar-refractivity contribution in [3.8, 4) is 17.0 Å². The smallest absolute Gasteiger partial charge is 0.262 e. The summed E-state index contributed by atoms with van der Waals surface area (Å²) in [5.41, 5.74) is -0.0675. The maximum absolute atomic E-state index is 12.9. The molecule has 0 aliphatic heterocycles. The summed E-state index contributed by atoms with van der Waals surface area (Å²) >= 11 is 0. The standard InChI is InChI=1S/C14H15FN2O3/c1-2-7-20-8-11-16-13(18)12(14(19)17-11)9-3-5-10(15)6-4-9/h3-6H,2,7-8H2,1H3,(H2,16,17,18,19). The summed E-state index contributed by atoms with van der Waals surface area (Å²) in [6, 6.07) is 5.25. The Morgan fingerprint density at radius 2 is 2.05 bits per heavy atom. The third-order valence-corrected chi connectivity index (χ3v) is 2.67. The van der Waals surface area contributed by atoms with Gasteiger partial charge in [-0.1, -0.05) is 19.1 Å². The van der Waals surface area contributed by atoms with Crippen molar-refractivity contribution < 1.29 is 14.2 Å². The van der Waals surface area contributed by atoms with Crippen LogP contribution in [-0.4, -0.2) is 21.7 Å². The molecule has 0 amide bonds. The van der Waals surface area contributed by atoms with Gasteiger partial charge in [-0.3, -0.25) is 4.79 Å². The van der Waals surface area contributed by atoms with Crippen LogP contribution < -0.4 is 5.56 Å². The third-order valence-electron chi connectivity index (χ3n) is 2.67. The fourth-order valence-corrected chi connectivity index (χ4v) is 1.77. The molecule has 0 radical (unpaired) electrons. The molecule has 2 aromatic rings. The number of aromatic amines is 1. The SMILES string of the molecule is CCCOCc1nc(O)c(-c2ccc(F)cc2)c(=O)[nH]1. The molecule has 20 heavy (non-hydrogen) atoms. The van der Waals surface area contributed by atoms with Crippen molar-refractivity contribution >= 4 is 0 Å². The highest BCUT2D eigenvalue weighted by Gasteiger charge is 2.13. The zero-order valence-electron chi connectivity index (χ0n) is 11.0. The quantitative estimate of drug-likeness (QED) is 0.822. The Kier molecular flexibility index (Phi) is 4.47. The summed E-state index contributed by atoms with van der Waals surface area (Å²) in [6.45, 7) is 2.63. The van der Waals surface area contributed by atoms with E-state index in [1.165, 1.54) is 24.3 Å². The van der Waals surface area contributed by atoms with Crippen molar-refractivity contribution in [3.05, 3.63) is 46.3 Å². The number of nitrogens with one attached hydrogen (secondary N) is 1. The number of rotatable bonds is 5. The molecular weight excluding hydrogens is 263 g/mol. The molecule has 6 heteroatoms. The molecule has 0 aliphatic rings. The first kappa shape index (κ1) is 14.2. The predicted molar refractivity (Wildman–Crippen MR) is 71.9 cm³/mol.